The van der Waals surface area contributed by atoms with E-state index in [-0.39, 0.29) is 0 Å². The summed E-state index contributed by atoms with van der Waals surface area (Å²) in [5, 5.41) is 3.95. The molecule has 0 aliphatic carbocycles. The molecule has 0 spiro atoms. The number of hydrogen-bond acceptors (Lipinski definition) is 4. The maximum atomic E-state index is 6.12. The van der Waals surface area contributed by atoms with Crippen LogP contribution >= 0.6 is 11.6 Å². The molecule has 1 aromatic heterocycles. The van der Waals surface area contributed by atoms with Crippen LogP contribution in [0.1, 0.15) is 32.2 Å². The van der Waals surface area contributed by atoms with Crippen LogP contribution in [0, 0.1) is 0 Å². The van der Waals surface area contributed by atoms with Crippen molar-refractivity contribution in [1.29, 1.82) is 0 Å². The molecule has 1 N–H and O–H groups in total. The predicted molar refractivity (Wildman–Crippen MR) is 86.5 cm³/mol. The third kappa shape index (κ3) is 4.08. The molecule has 112 valence electrons. The molecule has 1 aromatic carbocycles. The molecule has 2 rings (SSSR count). The number of aromatic nitrogens is 2. The Bertz CT molecular complexity index is 616. The van der Waals surface area contributed by atoms with Gasteiger partial charge in [-0.2, -0.15) is 4.98 Å². The van der Waals surface area contributed by atoms with E-state index in [1.54, 1.807) is 0 Å². The second-order valence-corrected chi connectivity index (χ2v) is 5.01. The molecule has 0 fully saturated rings. The van der Waals surface area contributed by atoms with Gasteiger partial charge in [-0.3, -0.25) is 0 Å². The Morgan fingerprint density at radius 1 is 1.10 bits per heavy atom. The van der Waals surface area contributed by atoms with E-state index in [0.29, 0.717) is 5.88 Å². The number of nitrogens with one attached hydrogen (secondary N) is 1. The number of benzene rings is 1. The van der Waals surface area contributed by atoms with Crippen LogP contribution in [0.5, 0.6) is 11.6 Å². The summed E-state index contributed by atoms with van der Waals surface area (Å²) in [6.45, 7) is 6.92. The van der Waals surface area contributed by atoms with Gasteiger partial charge in [0.2, 0.25) is 5.88 Å². The first-order valence-corrected chi connectivity index (χ1v) is 7.62. The minimum absolute atomic E-state index is 0.544. The van der Waals surface area contributed by atoms with Crippen LogP contribution in [0.4, 0.5) is 5.82 Å². The lowest BCUT2D eigenvalue weighted by molar-refractivity contribution is 0.458. The zero-order valence-electron chi connectivity index (χ0n) is 12.6. The molecular formula is C16H20ClN3O. The minimum Gasteiger partial charge on any atom is -0.439 e. The molecular weight excluding hydrogens is 286 g/mol. The Balaban J connectivity index is 2.27. The summed E-state index contributed by atoms with van der Waals surface area (Å²) in [5.41, 5.74) is 1.06. The fourth-order valence-corrected chi connectivity index (χ4v) is 2.21. The molecule has 0 saturated heterocycles. The van der Waals surface area contributed by atoms with Crippen molar-refractivity contribution in [3.8, 4) is 11.6 Å². The lowest BCUT2D eigenvalue weighted by atomic mass is 10.1. The van der Waals surface area contributed by atoms with E-state index in [2.05, 4.69) is 22.2 Å². The molecule has 4 nitrogen and oxygen atoms in total. The van der Waals surface area contributed by atoms with E-state index >= 15 is 0 Å². The van der Waals surface area contributed by atoms with Crippen molar-refractivity contribution >= 4 is 17.4 Å². The van der Waals surface area contributed by atoms with Gasteiger partial charge in [-0.25, -0.2) is 4.98 Å². The number of aryl methyl sites for hydroxylation is 2. The fourth-order valence-electron chi connectivity index (χ4n) is 1.96. The van der Waals surface area contributed by atoms with Gasteiger partial charge in [-0.05, 0) is 37.1 Å². The highest BCUT2D eigenvalue weighted by atomic mass is 35.5. The molecule has 0 radical (unpaired) electrons. The SMILES string of the molecule is CCNc1cc(Oc2ccc(Cl)c(CC)c2)nc(CC)n1. The van der Waals surface area contributed by atoms with E-state index in [9.17, 15) is 0 Å². The maximum absolute atomic E-state index is 6.12. The number of anilines is 1. The van der Waals surface area contributed by atoms with Gasteiger partial charge in [0, 0.05) is 24.1 Å². The summed E-state index contributed by atoms with van der Waals surface area (Å²) in [6, 6.07) is 7.46. The molecule has 0 bridgehead atoms. The van der Waals surface area contributed by atoms with E-state index in [1.165, 1.54) is 0 Å². The number of halogens is 1. The van der Waals surface area contributed by atoms with Crippen LogP contribution in [0.3, 0.4) is 0 Å². The molecule has 0 aliphatic rings. The predicted octanol–water partition coefficient (Wildman–Crippen LogP) is 4.48. The molecule has 0 saturated carbocycles. The third-order valence-electron chi connectivity index (χ3n) is 3.04. The Morgan fingerprint density at radius 2 is 1.90 bits per heavy atom. The van der Waals surface area contributed by atoms with Crippen molar-refractivity contribution in [3.05, 3.63) is 40.7 Å². The van der Waals surface area contributed by atoms with Gasteiger partial charge in [0.05, 0.1) is 0 Å². The maximum Gasteiger partial charge on any atom is 0.224 e. The van der Waals surface area contributed by atoms with Gasteiger partial charge < -0.3 is 10.1 Å². The first-order valence-electron chi connectivity index (χ1n) is 7.24. The van der Waals surface area contributed by atoms with Crippen LogP contribution in [-0.4, -0.2) is 16.5 Å². The van der Waals surface area contributed by atoms with Gasteiger partial charge in [-0.15, -0.1) is 0 Å². The standard InChI is InChI=1S/C16H20ClN3O/c1-4-11-9-12(7-8-13(11)17)21-16-10-15(18-6-3)19-14(5-2)20-16/h7-10H,4-6H2,1-3H3,(H,18,19,20). The van der Waals surface area contributed by atoms with Crippen molar-refractivity contribution in [3.63, 3.8) is 0 Å². The minimum atomic E-state index is 0.544. The van der Waals surface area contributed by atoms with Crippen LogP contribution in [0.2, 0.25) is 5.02 Å². The molecule has 5 heteroatoms. The highest BCUT2D eigenvalue weighted by Crippen LogP contribution is 2.26. The van der Waals surface area contributed by atoms with Crippen molar-refractivity contribution in [1.82, 2.24) is 9.97 Å². The zero-order chi connectivity index (χ0) is 15.2. The van der Waals surface area contributed by atoms with Crippen LogP contribution in [0.15, 0.2) is 24.3 Å². The van der Waals surface area contributed by atoms with Crippen molar-refractivity contribution < 1.29 is 4.74 Å². The summed E-state index contributed by atoms with van der Waals surface area (Å²) < 4.78 is 5.86. The molecule has 0 aliphatic heterocycles. The first kappa shape index (κ1) is 15.6. The average molecular weight is 306 g/mol. The van der Waals surface area contributed by atoms with Crippen LogP contribution < -0.4 is 10.1 Å². The van der Waals surface area contributed by atoms with Gasteiger partial charge in [0.1, 0.15) is 17.4 Å². The van der Waals surface area contributed by atoms with Crippen molar-refractivity contribution in [2.75, 3.05) is 11.9 Å². The van der Waals surface area contributed by atoms with Gasteiger partial charge >= 0.3 is 0 Å². The second kappa shape index (κ2) is 7.27. The first-order chi connectivity index (χ1) is 10.2. The Hall–Kier alpha value is -1.81. The molecule has 21 heavy (non-hydrogen) atoms. The summed E-state index contributed by atoms with van der Waals surface area (Å²) in [4.78, 5) is 8.81. The Kier molecular flexibility index (Phi) is 5.39. The van der Waals surface area contributed by atoms with Crippen LogP contribution in [0.25, 0.3) is 0 Å². The van der Waals surface area contributed by atoms with E-state index in [4.69, 9.17) is 16.3 Å². The van der Waals surface area contributed by atoms with E-state index < -0.39 is 0 Å². The number of ether oxygens (including phenoxy) is 1. The summed E-state index contributed by atoms with van der Waals surface area (Å²) in [5.74, 6) is 2.82. The molecule has 0 unspecified atom stereocenters. The summed E-state index contributed by atoms with van der Waals surface area (Å²) >= 11 is 6.12. The largest absolute Gasteiger partial charge is 0.439 e. The van der Waals surface area contributed by atoms with Crippen molar-refractivity contribution in [2.45, 2.75) is 33.6 Å². The monoisotopic (exact) mass is 305 g/mol. The normalized spacial score (nSPS) is 10.5. The number of rotatable bonds is 6. The fraction of sp³-hybridized carbons (Fsp3) is 0.375. The topological polar surface area (TPSA) is 47.0 Å². The second-order valence-electron chi connectivity index (χ2n) is 4.60. The summed E-state index contributed by atoms with van der Waals surface area (Å²) in [7, 11) is 0. The van der Waals surface area contributed by atoms with E-state index in [1.807, 2.05) is 38.1 Å². The number of hydrogen-bond donors (Lipinski definition) is 1. The van der Waals surface area contributed by atoms with Gasteiger partial charge in [0.25, 0.3) is 0 Å². The Morgan fingerprint density at radius 3 is 2.57 bits per heavy atom. The van der Waals surface area contributed by atoms with Crippen molar-refractivity contribution in [2.24, 2.45) is 0 Å². The highest BCUT2D eigenvalue weighted by molar-refractivity contribution is 6.31. The third-order valence-corrected chi connectivity index (χ3v) is 3.41. The summed E-state index contributed by atoms with van der Waals surface area (Å²) in [6.07, 6.45) is 1.62. The van der Waals surface area contributed by atoms with Crippen LogP contribution in [-0.2, 0) is 12.8 Å². The smallest absolute Gasteiger partial charge is 0.224 e. The molecule has 0 amide bonds. The van der Waals surface area contributed by atoms with E-state index in [0.717, 1.165) is 47.4 Å². The average Bonchev–Trinajstić information content (AvgIpc) is 2.49. The van der Waals surface area contributed by atoms with Gasteiger partial charge in [0.15, 0.2) is 0 Å². The van der Waals surface area contributed by atoms with Gasteiger partial charge in [-0.1, -0.05) is 25.4 Å². The molecule has 1 heterocycles. The molecule has 0 atom stereocenters. The Labute approximate surface area is 130 Å². The zero-order valence-corrected chi connectivity index (χ0v) is 13.4. The number of nitrogens with zero attached hydrogens (tertiary/aromatic N) is 2. The molecule has 2 aromatic rings. The quantitative estimate of drug-likeness (QED) is 0.855. The highest BCUT2D eigenvalue weighted by Gasteiger charge is 2.07. The lowest BCUT2D eigenvalue weighted by Gasteiger charge is -2.10. The lowest BCUT2D eigenvalue weighted by Crippen LogP contribution is -2.04.